The Bertz CT molecular complexity index is 1210. The summed E-state index contributed by atoms with van der Waals surface area (Å²) in [6.07, 6.45) is 3.20. The fourth-order valence-electron chi connectivity index (χ4n) is 3.69. The van der Waals surface area contributed by atoms with E-state index in [0.717, 1.165) is 16.1 Å². The largest absolute Gasteiger partial charge is 0.507 e. The van der Waals surface area contributed by atoms with Gasteiger partial charge in [0.15, 0.2) is 11.6 Å². The maximum Gasteiger partial charge on any atom is 0.295 e. The van der Waals surface area contributed by atoms with Gasteiger partial charge < -0.3 is 14.7 Å². The third kappa shape index (κ3) is 4.01. The van der Waals surface area contributed by atoms with E-state index >= 15 is 0 Å². The average molecular weight is 497 g/mol. The molecule has 1 fully saturated rings. The molecule has 1 aliphatic heterocycles. The molecule has 6 nitrogen and oxygen atoms in total. The second-order valence-electron chi connectivity index (χ2n) is 7.18. The van der Waals surface area contributed by atoms with E-state index in [1.807, 2.05) is 0 Å². The summed E-state index contributed by atoms with van der Waals surface area (Å²) in [6.45, 7) is 0.140. The van der Waals surface area contributed by atoms with Crippen molar-refractivity contribution in [3.05, 3.63) is 99.5 Å². The predicted octanol–water partition coefficient (Wildman–Crippen LogP) is 4.61. The number of benzene rings is 2. The lowest BCUT2D eigenvalue weighted by Gasteiger charge is -2.25. The highest BCUT2D eigenvalue weighted by molar-refractivity contribution is 9.10. The first kappa shape index (κ1) is 21.7. The van der Waals surface area contributed by atoms with E-state index in [0.29, 0.717) is 5.56 Å². The fourth-order valence-corrected chi connectivity index (χ4v) is 3.95. The number of aliphatic hydroxyl groups excluding tert-OH is 1. The number of ether oxygens (including phenoxy) is 1. The molecule has 0 bridgehead atoms. The lowest BCUT2D eigenvalue weighted by atomic mass is 9.95. The van der Waals surface area contributed by atoms with Crippen molar-refractivity contribution in [2.24, 2.45) is 0 Å². The van der Waals surface area contributed by atoms with Crippen molar-refractivity contribution >= 4 is 33.4 Å². The highest BCUT2D eigenvalue weighted by Gasteiger charge is 2.46. The van der Waals surface area contributed by atoms with E-state index in [-0.39, 0.29) is 23.4 Å². The number of hydrogen-bond donors (Lipinski definition) is 1. The minimum absolute atomic E-state index is 0.00384. The second-order valence-corrected chi connectivity index (χ2v) is 8.10. The molecule has 0 saturated carbocycles. The van der Waals surface area contributed by atoms with Gasteiger partial charge in [0.25, 0.3) is 11.7 Å². The zero-order valence-electron chi connectivity index (χ0n) is 17.0. The van der Waals surface area contributed by atoms with Gasteiger partial charge in [0, 0.05) is 29.0 Å². The molecular weight excluding hydrogens is 479 g/mol. The topological polar surface area (TPSA) is 79.7 Å². The van der Waals surface area contributed by atoms with Crippen molar-refractivity contribution in [1.82, 2.24) is 9.88 Å². The Kier molecular flexibility index (Phi) is 6.05. The molecule has 2 heterocycles. The van der Waals surface area contributed by atoms with E-state index in [4.69, 9.17) is 4.74 Å². The molecule has 1 aliphatic rings. The lowest BCUT2D eigenvalue weighted by Crippen LogP contribution is -2.29. The number of pyridine rings is 1. The minimum Gasteiger partial charge on any atom is -0.507 e. The summed E-state index contributed by atoms with van der Waals surface area (Å²) in [6, 6.07) is 13.6. The van der Waals surface area contributed by atoms with Gasteiger partial charge in [0.1, 0.15) is 5.76 Å². The summed E-state index contributed by atoms with van der Waals surface area (Å²) in [7, 11) is 1.33. The first-order valence-corrected chi connectivity index (χ1v) is 10.5. The molecular formula is C24H18BrFN2O4. The smallest absolute Gasteiger partial charge is 0.295 e. The van der Waals surface area contributed by atoms with Gasteiger partial charge in [-0.25, -0.2) is 4.39 Å². The van der Waals surface area contributed by atoms with E-state index in [1.165, 1.54) is 24.1 Å². The van der Waals surface area contributed by atoms with Gasteiger partial charge in [0.05, 0.1) is 18.7 Å². The number of carbonyl (C=O) groups excluding carboxylic acids is 2. The van der Waals surface area contributed by atoms with Crippen LogP contribution in [-0.2, 0) is 16.1 Å². The Labute approximate surface area is 192 Å². The number of likely N-dealkylation sites (tertiary alicyclic amines) is 1. The third-order valence-corrected chi connectivity index (χ3v) is 5.78. The maximum atomic E-state index is 14.3. The van der Waals surface area contributed by atoms with E-state index in [2.05, 4.69) is 20.9 Å². The minimum atomic E-state index is -0.846. The molecule has 1 atom stereocenters. The number of aromatic nitrogens is 1. The van der Waals surface area contributed by atoms with E-state index < -0.39 is 29.3 Å². The summed E-state index contributed by atoms with van der Waals surface area (Å²) >= 11 is 3.38. The zero-order chi connectivity index (χ0) is 22.8. The highest BCUT2D eigenvalue weighted by Crippen LogP contribution is 2.40. The highest BCUT2D eigenvalue weighted by atomic mass is 79.9. The molecule has 4 rings (SSSR count). The lowest BCUT2D eigenvalue weighted by molar-refractivity contribution is -0.140. The Hall–Kier alpha value is -3.52. The third-order valence-electron chi connectivity index (χ3n) is 5.25. The van der Waals surface area contributed by atoms with Crippen LogP contribution in [0.2, 0.25) is 0 Å². The zero-order valence-corrected chi connectivity index (χ0v) is 18.5. The number of halogens is 2. The van der Waals surface area contributed by atoms with Crippen LogP contribution in [0.25, 0.3) is 5.76 Å². The van der Waals surface area contributed by atoms with Crippen LogP contribution in [0, 0.1) is 5.82 Å². The van der Waals surface area contributed by atoms with Crippen molar-refractivity contribution in [2.75, 3.05) is 7.11 Å². The molecule has 0 radical (unpaired) electrons. The predicted molar refractivity (Wildman–Crippen MR) is 119 cm³/mol. The van der Waals surface area contributed by atoms with Crippen LogP contribution >= 0.6 is 15.9 Å². The number of nitrogens with zero attached hydrogens (tertiary/aromatic N) is 2. The van der Waals surface area contributed by atoms with Gasteiger partial charge in [-0.05, 0) is 53.6 Å². The summed E-state index contributed by atoms with van der Waals surface area (Å²) in [5.74, 6) is -2.71. The van der Waals surface area contributed by atoms with Gasteiger partial charge in [-0.1, -0.05) is 28.1 Å². The molecule has 1 saturated heterocycles. The SMILES string of the molecule is COc1ccc(C(O)=C2C(=O)C(=O)N(Cc3ccncc3)[C@@H]2c2ccc(Br)cc2)cc1F. The van der Waals surface area contributed by atoms with Gasteiger partial charge in [0.2, 0.25) is 0 Å². The number of carbonyl (C=O) groups is 2. The number of Topliss-reactive ketones (excluding diaryl/α,β-unsaturated/α-hetero) is 1. The van der Waals surface area contributed by atoms with Crippen LogP contribution in [0.1, 0.15) is 22.7 Å². The molecule has 2 aromatic carbocycles. The molecule has 32 heavy (non-hydrogen) atoms. The maximum absolute atomic E-state index is 14.3. The quantitative estimate of drug-likeness (QED) is 0.317. The number of amides is 1. The van der Waals surface area contributed by atoms with Crippen LogP contribution in [0.3, 0.4) is 0 Å². The molecule has 1 aromatic heterocycles. The Morgan fingerprint density at radius 1 is 1.12 bits per heavy atom. The molecule has 3 aromatic rings. The molecule has 162 valence electrons. The first-order valence-electron chi connectivity index (χ1n) is 9.67. The van der Waals surface area contributed by atoms with Crippen molar-refractivity contribution in [2.45, 2.75) is 12.6 Å². The molecule has 0 aliphatic carbocycles. The van der Waals surface area contributed by atoms with Crippen molar-refractivity contribution < 1.29 is 23.8 Å². The average Bonchev–Trinajstić information content (AvgIpc) is 3.04. The Morgan fingerprint density at radius 3 is 2.44 bits per heavy atom. The fraction of sp³-hybridized carbons (Fsp3) is 0.125. The molecule has 0 spiro atoms. The summed E-state index contributed by atoms with van der Waals surface area (Å²) in [5, 5.41) is 11.0. The van der Waals surface area contributed by atoms with Crippen LogP contribution in [0.5, 0.6) is 5.75 Å². The summed E-state index contributed by atoms with van der Waals surface area (Å²) < 4.78 is 20.0. The van der Waals surface area contributed by atoms with E-state index in [9.17, 15) is 19.1 Å². The van der Waals surface area contributed by atoms with Gasteiger partial charge >= 0.3 is 0 Å². The molecule has 0 unspecified atom stereocenters. The normalized spacial score (nSPS) is 17.6. The summed E-state index contributed by atoms with van der Waals surface area (Å²) in [5.41, 5.74) is 1.39. The summed E-state index contributed by atoms with van der Waals surface area (Å²) in [4.78, 5) is 31.4. The molecule has 1 N–H and O–H groups in total. The van der Waals surface area contributed by atoms with Gasteiger partial charge in [-0.3, -0.25) is 14.6 Å². The van der Waals surface area contributed by atoms with E-state index in [1.54, 1.807) is 48.8 Å². The first-order chi connectivity index (χ1) is 15.4. The number of rotatable bonds is 5. The molecule has 1 amide bonds. The van der Waals surface area contributed by atoms with Crippen molar-refractivity contribution in [1.29, 1.82) is 0 Å². The number of ketones is 1. The Morgan fingerprint density at radius 2 is 1.81 bits per heavy atom. The van der Waals surface area contributed by atoms with Crippen LogP contribution in [-0.4, -0.2) is 33.8 Å². The van der Waals surface area contributed by atoms with Gasteiger partial charge in [-0.15, -0.1) is 0 Å². The number of aliphatic hydroxyl groups is 1. The van der Waals surface area contributed by atoms with Crippen molar-refractivity contribution in [3.63, 3.8) is 0 Å². The monoisotopic (exact) mass is 496 g/mol. The standard InChI is InChI=1S/C24H18BrFN2O4/c1-32-19-7-4-16(12-18(19)26)22(29)20-21(15-2-5-17(25)6-3-15)28(24(31)23(20)30)13-14-8-10-27-11-9-14/h2-12,21,29H,13H2,1H3/t21-/m1/s1. The van der Waals surface area contributed by atoms with Crippen molar-refractivity contribution in [3.8, 4) is 5.75 Å². The van der Waals surface area contributed by atoms with Gasteiger partial charge in [-0.2, -0.15) is 0 Å². The second kappa shape index (κ2) is 8.92. The molecule has 8 heteroatoms. The van der Waals surface area contributed by atoms with Crippen LogP contribution in [0.4, 0.5) is 4.39 Å². The van der Waals surface area contributed by atoms with Crippen LogP contribution in [0.15, 0.2) is 77.0 Å². The van der Waals surface area contributed by atoms with Crippen LogP contribution < -0.4 is 4.74 Å². The number of hydrogen-bond acceptors (Lipinski definition) is 5. The number of methoxy groups -OCH3 is 1. The Balaban J connectivity index is 1.86.